The number of nitrogens with zero attached hydrogens (tertiary/aromatic N) is 4. The number of hydrogen-bond acceptors (Lipinski definition) is 4. The van der Waals surface area contributed by atoms with Crippen LogP contribution in [0.25, 0.3) is 0 Å². The highest BCUT2D eigenvalue weighted by atomic mass is 35.5. The number of rotatable bonds is 7. The number of aromatic nitrogens is 4. The average molecular weight is 326 g/mol. The van der Waals surface area contributed by atoms with E-state index in [1.807, 2.05) is 12.3 Å². The molecule has 6 nitrogen and oxygen atoms in total. The van der Waals surface area contributed by atoms with Crippen molar-refractivity contribution in [3.8, 4) is 0 Å². The van der Waals surface area contributed by atoms with Gasteiger partial charge < -0.3 is 10.4 Å². The van der Waals surface area contributed by atoms with Crippen molar-refractivity contribution in [2.75, 3.05) is 11.9 Å². The molecule has 22 heavy (non-hydrogen) atoms. The third-order valence-electron chi connectivity index (χ3n) is 3.74. The number of anilines is 1. The van der Waals surface area contributed by atoms with Gasteiger partial charge in [0.2, 0.25) is 0 Å². The summed E-state index contributed by atoms with van der Waals surface area (Å²) in [5.41, 5.74) is 2.43. The zero-order valence-electron chi connectivity index (χ0n) is 13.1. The maximum Gasteiger partial charge on any atom is 0.148 e. The first-order valence-electron chi connectivity index (χ1n) is 7.64. The highest BCUT2D eigenvalue weighted by molar-refractivity contribution is 5.85. The summed E-state index contributed by atoms with van der Waals surface area (Å²) in [6.45, 7) is 5.66. The van der Waals surface area contributed by atoms with Gasteiger partial charge in [-0.15, -0.1) is 12.4 Å². The summed E-state index contributed by atoms with van der Waals surface area (Å²) in [7, 11) is 0. The van der Waals surface area contributed by atoms with Crippen molar-refractivity contribution in [3.05, 3.63) is 29.7 Å². The van der Waals surface area contributed by atoms with E-state index in [9.17, 15) is 0 Å². The SMILES string of the molecule is CC(C)n1nc(C2CC2)cc1CNc1ccn(CCO)n1.Cl. The first-order chi connectivity index (χ1) is 10.2. The molecule has 2 N–H and O–H groups in total. The number of aliphatic hydroxyl groups is 1. The summed E-state index contributed by atoms with van der Waals surface area (Å²) in [6.07, 6.45) is 4.41. The molecule has 122 valence electrons. The van der Waals surface area contributed by atoms with Crippen molar-refractivity contribution in [3.63, 3.8) is 0 Å². The second-order valence-electron chi connectivity index (χ2n) is 5.91. The maximum atomic E-state index is 8.90. The summed E-state index contributed by atoms with van der Waals surface area (Å²) >= 11 is 0. The van der Waals surface area contributed by atoms with E-state index >= 15 is 0 Å². The minimum atomic E-state index is 0. The van der Waals surface area contributed by atoms with Crippen molar-refractivity contribution in [1.29, 1.82) is 0 Å². The molecule has 0 spiro atoms. The third-order valence-corrected chi connectivity index (χ3v) is 3.74. The zero-order valence-corrected chi connectivity index (χ0v) is 13.9. The predicted molar refractivity (Wildman–Crippen MR) is 88.5 cm³/mol. The van der Waals surface area contributed by atoms with E-state index in [-0.39, 0.29) is 19.0 Å². The molecule has 3 rings (SSSR count). The van der Waals surface area contributed by atoms with Crippen LogP contribution >= 0.6 is 12.4 Å². The number of aliphatic hydroxyl groups excluding tert-OH is 1. The Morgan fingerprint density at radius 2 is 2.14 bits per heavy atom. The Labute approximate surface area is 136 Å². The summed E-state index contributed by atoms with van der Waals surface area (Å²) in [5.74, 6) is 1.50. The lowest BCUT2D eigenvalue weighted by atomic mass is 10.2. The van der Waals surface area contributed by atoms with Crippen LogP contribution in [-0.4, -0.2) is 31.3 Å². The molecule has 1 aliphatic carbocycles. The zero-order chi connectivity index (χ0) is 14.8. The minimum Gasteiger partial charge on any atom is -0.394 e. The molecule has 0 aliphatic heterocycles. The van der Waals surface area contributed by atoms with Gasteiger partial charge >= 0.3 is 0 Å². The smallest absolute Gasteiger partial charge is 0.148 e. The average Bonchev–Trinajstić information content (AvgIpc) is 3.06. The van der Waals surface area contributed by atoms with Crippen molar-refractivity contribution >= 4 is 18.2 Å². The molecule has 0 amide bonds. The van der Waals surface area contributed by atoms with E-state index in [2.05, 4.69) is 35.0 Å². The largest absolute Gasteiger partial charge is 0.394 e. The second-order valence-corrected chi connectivity index (χ2v) is 5.91. The van der Waals surface area contributed by atoms with E-state index < -0.39 is 0 Å². The fraction of sp³-hybridized carbons (Fsp3) is 0.600. The van der Waals surface area contributed by atoms with Gasteiger partial charge in [-0.2, -0.15) is 10.2 Å². The van der Waals surface area contributed by atoms with Crippen molar-refractivity contribution in [2.45, 2.75) is 51.7 Å². The lowest BCUT2D eigenvalue weighted by molar-refractivity contribution is 0.269. The number of nitrogens with one attached hydrogen (secondary N) is 1. The van der Waals surface area contributed by atoms with Crippen molar-refractivity contribution < 1.29 is 5.11 Å². The van der Waals surface area contributed by atoms with E-state index in [0.717, 1.165) is 5.82 Å². The Bertz CT molecular complexity index is 603. The summed E-state index contributed by atoms with van der Waals surface area (Å²) < 4.78 is 3.84. The molecule has 0 unspecified atom stereocenters. The Balaban J connectivity index is 0.00000176. The van der Waals surface area contributed by atoms with Gasteiger partial charge in [0.25, 0.3) is 0 Å². The fourth-order valence-electron chi connectivity index (χ4n) is 2.48. The highest BCUT2D eigenvalue weighted by Crippen LogP contribution is 2.39. The van der Waals surface area contributed by atoms with Crippen LogP contribution in [0.5, 0.6) is 0 Å². The lowest BCUT2D eigenvalue weighted by Crippen LogP contribution is -2.11. The van der Waals surface area contributed by atoms with Crippen LogP contribution in [0.4, 0.5) is 5.82 Å². The van der Waals surface area contributed by atoms with Crippen molar-refractivity contribution in [1.82, 2.24) is 19.6 Å². The summed E-state index contributed by atoms with van der Waals surface area (Å²) in [5, 5.41) is 21.3. The molecule has 2 aromatic heterocycles. The predicted octanol–water partition coefficient (Wildman–Crippen LogP) is 2.56. The normalized spacial score (nSPS) is 14.2. The molecular weight excluding hydrogens is 302 g/mol. The van der Waals surface area contributed by atoms with Crippen molar-refractivity contribution in [2.24, 2.45) is 0 Å². The molecule has 2 aromatic rings. The molecule has 0 bridgehead atoms. The second kappa shape index (κ2) is 7.15. The molecule has 0 aromatic carbocycles. The lowest BCUT2D eigenvalue weighted by Gasteiger charge is -2.11. The standard InChI is InChI=1S/C15H23N5O.ClH/c1-11(2)20-13(9-14(17-20)12-3-4-12)10-16-15-5-6-19(18-15)7-8-21;/h5-6,9,11-12,21H,3-4,7-8,10H2,1-2H3,(H,16,18);1H. The molecule has 1 aliphatic rings. The monoisotopic (exact) mass is 325 g/mol. The molecule has 1 saturated carbocycles. The van der Waals surface area contributed by atoms with Gasteiger partial charge in [-0.25, -0.2) is 0 Å². The maximum absolute atomic E-state index is 8.90. The molecule has 7 heteroatoms. The summed E-state index contributed by atoms with van der Waals surface area (Å²) in [6, 6.07) is 4.50. The van der Waals surface area contributed by atoms with Gasteiger partial charge in [-0.3, -0.25) is 9.36 Å². The summed E-state index contributed by atoms with van der Waals surface area (Å²) in [4.78, 5) is 0. The molecule has 0 radical (unpaired) electrons. The van der Waals surface area contributed by atoms with Gasteiger partial charge in [-0.1, -0.05) is 0 Å². The first-order valence-corrected chi connectivity index (χ1v) is 7.64. The van der Waals surface area contributed by atoms with Gasteiger partial charge in [-0.05, 0) is 32.8 Å². The Kier molecular flexibility index (Phi) is 5.47. The van der Waals surface area contributed by atoms with E-state index in [1.54, 1.807) is 4.68 Å². The number of hydrogen-bond donors (Lipinski definition) is 2. The van der Waals surface area contributed by atoms with Crippen LogP contribution in [0, 0.1) is 0 Å². The van der Waals surface area contributed by atoms with Crippen LogP contribution in [-0.2, 0) is 13.1 Å². The topological polar surface area (TPSA) is 67.9 Å². The van der Waals surface area contributed by atoms with Crippen LogP contribution in [0.1, 0.15) is 50.0 Å². The van der Waals surface area contributed by atoms with Crippen LogP contribution in [0.3, 0.4) is 0 Å². The Morgan fingerprint density at radius 3 is 2.77 bits per heavy atom. The van der Waals surface area contributed by atoms with Gasteiger partial charge in [0.05, 0.1) is 31.1 Å². The third kappa shape index (κ3) is 3.81. The van der Waals surface area contributed by atoms with Crippen LogP contribution in [0.2, 0.25) is 0 Å². The molecule has 0 saturated heterocycles. The molecule has 0 atom stereocenters. The quantitative estimate of drug-likeness (QED) is 0.821. The molecule has 1 fully saturated rings. The van der Waals surface area contributed by atoms with E-state index in [0.29, 0.717) is 25.0 Å². The van der Waals surface area contributed by atoms with Gasteiger partial charge in [0.15, 0.2) is 0 Å². The highest BCUT2D eigenvalue weighted by Gasteiger charge is 2.27. The number of halogens is 1. The molecular formula is C15H24ClN5O. The van der Waals surface area contributed by atoms with E-state index in [4.69, 9.17) is 10.2 Å². The molecule has 2 heterocycles. The fourth-order valence-corrected chi connectivity index (χ4v) is 2.48. The Hall–Kier alpha value is -1.53. The first kappa shape index (κ1) is 16.8. The van der Waals surface area contributed by atoms with Crippen LogP contribution < -0.4 is 5.32 Å². The minimum absolute atomic E-state index is 0. The van der Waals surface area contributed by atoms with Gasteiger partial charge in [0.1, 0.15) is 5.82 Å². The Morgan fingerprint density at radius 1 is 1.36 bits per heavy atom. The van der Waals surface area contributed by atoms with Gasteiger partial charge in [0, 0.05) is 24.2 Å². The van der Waals surface area contributed by atoms with E-state index in [1.165, 1.54) is 24.2 Å². The van der Waals surface area contributed by atoms with Crippen LogP contribution in [0.15, 0.2) is 18.3 Å².